The number of aliphatic hydroxyl groups excluding tert-OH is 1. The molecule has 0 saturated carbocycles. The van der Waals surface area contributed by atoms with Gasteiger partial charge in [0.2, 0.25) is 0 Å². The van der Waals surface area contributed by atoms with Gasteiger partial charge in [0.15, 0.2) is 0 Å². The Bertz CT molecular complexity index is 270. The molecule has 0 aromatic rings. The van der Waals surface area contributed by atoms with Crippen molar-refractivity contribution in [2.24, 2.45) is 5.41 Å². The molecule has 1 aliphatic heterocycles. The van der Waals surface area contributed by atoms with E-state index in [1.807, 2.05) is 0 Å². The maximum Gasteiger partial charge on any atom is 0.405 e. The van der Waals surface area contributed by atoms with Crippen LogP contribution in [0.5, 0.6) is 0 Å². The maximum atomic E-state index is 11.8. The Balaban J connectivity index is 2.40. The number of likely N-dealkylation sites (tertiary alicyclic amines) is 1. The second kappa shape index (κ2) is 4.48. The van der Waals surface area contributed by atoms with Gasteiger partial charge >= 0.3 is 12.2 Å². The molecule has 0 spiro atoms. The first kappa shape index (κ1) is 13.1. The molecule has 0 radical (unpaired) electrons. The van der Waals surface area contributed by atoms with Gasteiger partial charge < -0.3 is 15.3 Å². The average Bonchev–Trinajstić information content (AvgIpc) is 2.57. The van der Waals surface area contributed by atoms with Gasteiger partial charge in [-0.25, -0.2) is 4.79 Å². The number of urea groups is 1. The molecule has 4 nitrogen and oxygen atoms in total. The van der Waals surface area contributed by atoms with Crippen molar-refractivity contribution in [1.82, 2.24) is 10.2 Å². The minimum Gasteiger partial charge on any atom is -0.396 e. The lowest BCUT2D eigenvalue weighted by Crippen LogP contribution is -2.43. The molecule has 1 fully saturated rings. The van der Waals surface area contributed by atoms with E-state index in [1.165, 1.54) is 4.90 Å². The largest absolute Gasteiger partial charge is 0.405 e. The maximum absolute atomic E-state index is 11.8. The number of amides is 2. The van der Waals surface area contributed by atoms with Crippen molar-refractivity contribution in [2.45, 2.75) is 19.5 Å². The lowest BCUT2D eigenvalue weighted by molar-refractivity contribution is -0.123. The highest BCUT2D eigenvalue weighted by molar-refractivity contribution is 5.74. The molecule has 0 bridgehead atoms. The molecule has 1 aliphatic rings. The third-order valence-corrected chi connectivity index (χ3v) is 2.67. The number of aliphatic hydroxyl groups is 1. The highest BCUT2D eigenvalue weighted by atomic mass is 19.4. The summed E-state index contributed by atoms with van der Waals surface area (Å²) in [6.07, 6.45) is -3.79. The molecule has 1 saturated heterocycles. The monoisotopic (exact) mass is 240 g/mol. The number of halogens is 3. The van der Waals surface area contributed by atoms with Crippen LogP contribution in [0.2, 0.25) is 0 Å². The van der Waals surface area contributed by atoms with Crippen molar-refractivity contribution in [3.63, 3.8) is 0 Å². The van der Waals surface area contributed by atoms with Crippen LogP contribution >= 0.6 is 0 Å². The van der Waals surface area contributed by atoms with Crippen molar-refractivity contribution < 1.29 is 23.1 Å². The van der Waals surface area contributed by atoms with E-state index in [0.717, 1.165) is 0 Å². The van der Waals surface area contributed by atoms with Crippen LogP contribution in [0.15, 0.2) is 0 Å². The van der Waals surface area contributed by atoms with Gasteiger partial charge in [0.05, 0.1) is 6.61 Å². The molecule has 1 heterocycles. The Morgan fingerprint density at radius 2 is 2.19 bits per heavy atom. The van der Waals surface area contributed by atoms with Gasteiger partial charge in [-0.1, -0.05) is 6.92 Å². The minimum absolute atomic E-state index is 0.0734. The van der Waals surface area contributed by atoms with Crippen LogP contribution in [0, 0.1) is 5.41 Å². The van der Waals surface area contributed by atoms with Crippen molar-refractivity contribution in [3.05, 3.63) is 0 Å². The lowest BCUT2D eigenvalue weighted by atomic mass is 9.91. The summed E-state index contributed by atoms with van der Waals surface area (Å²) in [5, 5.41) is 10.9. The third-order valence-electron chi connectivity index (χ3n) is 2.67. The van der Waals surface area contributed by atoms with Crippen LogP contribution in [0.25, 0.3) is 0 Å². The second-order valence-corrected chi connectivity index (χ2v) is 4.41. The fourth-order valence-electron chi connectivity index (χ4n) is 1.61. The van der Waals surface area contributed by atoms with E-state index < -0.39 is 24.2 Å². The van der Waals surface area contributed by atoms with Gasteiger partial charge in [0, 0.05) is 18.5 Å². The summed E-state index contributed by atoms with van der Waals surface area (Å²) in [7, 11) is 0. The summed E-state index contributed by atoms with van der Waals surface area (Å²) in [6.45, 7) is 1.06. The van der Waals surface area contributed by atoms with E-state index in [1.54, 1.807) is 12.2 Å². The molecule has 16 heavy (non-hydrogen) atoms. The fraction of sp³-hybridized carbons (Fsp3) is 0.889. The standard InChI is InChI=1S/C9H15F3N2O2/c1-8(6-15)2-3-14(5-8)7(16)13-4-9(10,11)12/h15H,2-6H2,1H3,(H,13,16). The number of carbonyl (C=O) groups excluding carboxylic acids is 1. The first-order chi connectivity index (χ1) is 7.26. The number of hydrogen-bond donors (Lipinski definition) is 2. The zero-order valence-corrected chi connectivity index (χ0v) is 8.97. The van der Waals surface area contributed by atoms with Crippen LogP contribution in [-0.2, 0) is 0 Å². The molecular formula is C9H15F3N2O2. The van der Waals surface area contributed by atoms with Gasteiger partial charge in [-0.15, -0.1) is 0 Å². The summed E-state index contributed by atoms with van der Waals surface area (Å²) in [5.74, 6) is 0. The first-order valence-electron chi connectivity index (χ1n) is 4.96. The molecule has 1 rings (SSSR count). The molecule has 7 heteroatoms. The highest BCUT2D eigenvalue weighted by Crippen LogP contribution is 2.28. The zero-order valence-electron chi connectivity index (χ0n) is 8.97. The number of nitrogens with one attached hydrogen (secondary N) is 1. The second-order valence-electron chi connectivity index (χ2n) is 4.41. The summed E-state index contributed by atoms with van der Waals surface area (Å²) in [4.78, 5) is 12.6. The van der Waals surface area contributed by atoms with Gasteiger partial charge in [0.25, 0.3) is 0 Å². The number of carbonyl (C=O) groups is 1. The third kappa shape index (κ3) is 3.55. The molecule has 2 N–H and O–H groups in total. The molecule has 0 aliphatic carbocycles. The SMILES string of the molecule is CC1(CO)CCN(C(=O)NCC(F)(F)F)C1. The number of alkyl halides is 3. The van der Waals surface area contributed by atoms with Gasteiger partial charge in [0.1, 0.15) is 6.54 Å². The van der Waals surface area contributed by atoms with E-state index in [4.69, 9.17) is 5.11 Å². The Kier molecular flexibility index (Phi) is 3.67. The minimum atomic E-state index is -4.39. The topological polar surface area (TPSA) is 52.6 Å². The Morgan fingerprint density at radius 3 is 2.62 bits per heavy atom. The quantitative estimate of drug-likeness (QED) is 0.755. The Hall–Kier alpha value is -0.980. The van der Waals surface area contributed by atoms with Gasteiger partial charge in [-0.2, -0.15) is 13.2 Å². The fourth-order valence-corrected chi connectivity index (χ4v) is 1.61. The number of hydrogen-bond acceptors (Lipinski definition) is 2. The van der Waals surface area contributed by atoms with E-state index in [2.05, 4.69) is 0 Å². The summed E-state index contributed by atoms with van der Waals surface area (Å²) >= 11 is 0. The normalized spacial score (nSPS) is 25.9. The van der Waals surface area contributed by atoms with Crippen molar-refractivity contribution in [3.8, 4) is 0 Å². The molecule has 0 aromatic heterocycles. The van der Waals surface area contributed by atoms with Gasteiger partial charge in [-0.3, -0.25) is 0 Å². The van der Waals surface area contributed by atoms with E-state index >= 15 is 0 Å². The smallest absolute Gasteiger partial charge is 0.396 e. The summed E-state index contributed by atoms with van der Waals surface area (Å²) in [6, 6.07) is -0.727. The van der Waals surface area contributed by atoms with Crippen molar-refractivity contribution in [2.75, 3.05) is 26.2 Å². The lowest BCUT2D eigenvalue weighted by Gasteiger charge is -2.22. The molecule has 0 aromatic carbocycles. The van der Waals surface area contributed by atoms with E-state index in [-0.39, 0.29) is 13.2 Å². The van der Waals surface area contributed by atoms with Crippen molar-refractivity contribution in [1.29, 1.82) is 0 Å². The predicted octanol–water partition coefficient (Wildman–Crippen LogP) is 0.963. The van der Waals surface area contributed by atoms with Gasteiger partial charge in [-0.05, 0) is 6.42 Å². The molecular weight excluding hydrogens is 225 g/mol. The number of rotatable bonds is 2. The van der Waals surface area contributed by atoms with E-state index in [9.17, 15) is 18.0 Å². The zero-order chi connectivity index (χ0) is 12.4. The Morgan fingerprint density at radius 1 is 1.56 bits per heavy atom. The predicted molar refractivity (Wildman–Crippen MR) is 50.8 cm³/mol. The molecule has 1 unspecified atom stereocenters. The van der Waals surface area contributed by atoms with Crippen LogP contribution in [0.4, 0.5) is 18.0 Å². The van der Waals surface area contributed by atoms with Crippen LogP contribution in [0.1, 0.15) is 13.3 Å². The molecule has 94 valence electrons. The van der Waals surface area contributed by atoms with Crippen molar-refractivity contribution >= 4 is 6.03 Å². The summed E-state index contributed by atoms with van der Waals surface area (Å²) < 4.78 is 35.5. The van der Waals surface area contributed by atoms with Crippen LogP contribution in [-0.4, -0.2) is 48.5 Å². The van der Waals surface area contributed by atoms with Crippen LogP contribution < -0.4 is 5.32 Å². The molecule has 2 amide bonds. The average molecular weight is 240 g/mol. The summed E-state index contributed by atoms with van der Waals surface area (Å²) in [5.41, 5.74) is -0.393. The molecule has 1 atom stereocenters. The first-order valence-corrected chi connectivity index (χ1v) is 4.96. The highest BCUT2D eigenvalue weighted by Gasteiger charge is 2.36. The van der Waals surface area contributed by atoms with Crippen LogP contribution in [0.3, 0.4) is 0 Å². The Labute approximate surface area is 91.4 Å². The van der Waals surface area contributed by atoms with E-state index in [0.29, 0.717) is 13.0 Å². The number of nitrogens with zero attached hydrogens (tertiary/aromatic N) is 1.